The highest BCUT2D eigenvalue weighted by Crippen LogP contribution is 2.26. The molecule has 1 amide bonds. The van der Waals surface area contributed by atoms with Gasteiger partial charge in [0.1, 0.15) is 5.69 Å². The lowest BCUT2D eigenvalue weighted by molar-refractivity contribution is -0.133. The van der Waals surface area contributed by atoms with E-state index in [4.69, 9.17) is 4.74 Å². The SMILES string of the molecule is O=C(CNc1c(F)c(F)c(F)c(F)c1F)N1CCOCC1. The molecule has 9 heteroatoms. The maximum Gasteiger partial charge on any atom is 0.242 e. The number of ether oxygens (including phenoxy) is 1. The molecule has 1 aliphatic heterocycles. The second-order valence-electron chi connectivity index (χ2n) is 4.29. The third-order valence-corrected chi connectivity index (χ3v) is 2.99. The van der Waals surface area contributed by atoms with E-state index in [9.17, 15) is 26.7 Å². The van der Waals surface area contributed by atoms with Crippen molar-refractivity contribution in [1.82, 2.24) is 4.90 Å². The van der Waals surface area contributed by atoms with Gasteiger partial charge in [-0.1, -0.05) is 0 Å². The normalized spacial score (nSPS) is 15.2. The summed E-state index contributed by atoms with van der Waals surface area (Å²) in [5, 5.41) is 1.96. The van der Waals surface area contributed by atoms with E-state index in [2.05, 4.69) is 0 Å². The summed E-state index contributed by atoms with van der Waals surface area (Å²) >= 11 is 0. The molecule has 0 aromatic heterocycles. The number of nitrogens with one attached hydrogen (secondary N) is 1. The van der Waals surface area contributed by atoms with Gasteiger partial charge in [-0.3, -0.25) is 4.79 Å². The van der Waals surface area contributed by atoms with E-state index < -0.39 is 47.2 Å². The van der Waals surface area contributed by atoms with Crippen molar-refractivity contribution >= 4 is 11.6 Å². The van der Waals surface area contributed by atoms with E-state index in [1.165, 1.54) is 4.90 Å². The number of halogens is 5. The van der Waals surface area contributed by atoms with Crippen molar-refractivity contribution in [2.75, 3.05) is 38.2 Å². The molecule has 4 nitrogen and oxygen atoms in total. The molecule has 1 aromatic carbocycles. The first-order chi connectivity index (χ1) is 9.93. The van der Waals surface area contributed by atoms with Crippen molar-refractivity contribution in [1.29, 1.82) is 0 Å². The lowest BCUT2D eigenvalue weighted by Gasteiger charge is -2.27. The Morgan fingerprint density at radius 1 is 0.952 bits per heavy atom. The number of anilines is 1. The Morgan fingerprint density at radius 3 is 1.95 bits per heavy atom. The molecule has 0 atom stereocenters. The van der Waals surface area contributed by atoms with Crippen molar-refractivity contribution in [2.24, 2.45) is 0 Å². The molecular formula is C12H11F5N2O2. The smallest absolute Gasteiger partial charge is 0.242 e. The van der Waals surface area contributed by atoms with Gasteiger partial charge >= 0.3 is 0 Å². The molecule has 1 N–H and O–H groups in total. The first kappa shape index (κ1) is 15.5. The highest BCUT2D eigenvalue weighted by atomic mass is 19.2. The molecule has 21 heavy (non-hydrogen) atoms. The van der Waals surface area contributed by atoms with Crippen LogP contribution < -0.4 is 5.32 Å². The molecule has 0 bridgehead atoms. The maximum atomic E-state index is 13.4. The van der Waals surface area contributed by atoms with Crippen LogP contribution in [0.3, 0.4) is 0 Å². The fourth-order valence-electron chi connectivity index (χ4n) is 1.85. The van der Waals surface area contributed by atoms with Gasteiger partial charge in [0, 0.05) is 13.1 Å². The lowest BCUT2D eigenvalue weighted by Crippen LogP contribution is -2.43. The first-order valence-electron chi connectivity index (χ1n) is 6.04. The lowest BCUT2D eigenvalue weighted by atomic mass is 10.2. The summed E-state index contributed by atoms with van der Waals surface area (Å²) in [6.45, 7) is 0.677. The van der Waals surface area contributed by atoms with Gasteiger partial charge in [0.15, 0.2) is 23.3 Å². The van der Waals surface area contributed by atoms with Gasteiger partial charge in [0.2, 0.25) is 11.7 Å². The number of hydrogen-bond donors (Lipinski definition) is 1. The van der Waals surface area contributed by atoms with Crippen LogP contribution in [0.25, 0.3) is 0 Å². The van der Waals surface area contributed by atoms with Crippen LogP contribution in [0.15, 0.2) is 0 Å². The topological polar surface area (TPSA) is 41.6 Å². The second-order valence-corrected chi connectivity index (χ2v) is 4.29. The highest BCUT2D eigenvalue weighted by molar-refractivity contribution is 5.81. The van der Waals surface area contributed by atoms with Gasteiger partial charge in [0.25, 0.3) is 0 Å². The van der Waals surface area contributed by atoms with E-state index in [0.29, 0.717) is 26.3 Å². The Balaban J connectivity index is 2.11. The van der Waals surface area contributed by atoms with E-state index in [1.54, 1.807) is 0 Å². The fourth-order valence-corrected chi connectivity index (χ4v) is 1.85. The van der Waals surface area contributed by atoms with Crippen molar-refractivity contribution in [3.05, 3.63) is 29.1 Å². The van der Waals surface area contributed by atoms with Gasteiger partial charge in [0.05, 0.1) is 19.8 Å². The summed E-state index contributed by atoms with van der Waals surface area (Å²) in [6.07, 6.45) is 0. The standard InChI is InChI=1S/C12H11F5N2O2/c13-7-8(14)10(16)12(11(17)9(7)15)18-5-6(20)19-1-3-21-4-2-19/h18H,1-5H2. The zero-order valence-corrected chi connectivity index (χ0v) is 10.7. The van der Waals surface area contributed by atoms with Crippen LogP contribution in [-0.2, 0) is 9.53 Å². The van der Waals surface area contributed by atoms with Gasteiger partial charge in [-0.2, -0.15) is 0 Å². The zero-order chi connectivity index (χ0) is 15.6. The van der Waals surface area contributed by atoms with Crippen LogP contribution in [0.4, 0.5) is 27.6 Å². The van der Waals surface area contributed by atoms with E-state index >= 15 is 0 Å². The molecule has 1 aromatic rings. The number of benzene rings is 1. The predicted molar refractivity (Wildman–Crippen MR) is 62.1 cm³/mol. The molecule has 0 saturated carbocycles. The molecule has 1 heterocycles. The molecule has 1 fully saturated rings. The Labute approximate surface area is 116 Å². The summed E-state index contributed by atoms with van der Waals surface area (Å²) in [4.78, 5) is 13.1. The quantitative estimate of drug-likeness (QED) is 0.524. The average Bonchev–Trinajstić information content (AvgIpc) is 2.51. The summed E-state index contributed by atoms with van der Waals surface area (Å²) < 4.78 is 70.5. The van der Waals surface area contributed by atoms with Crippen LogP contribution in [0.2, 0.25) is 0 Å². The third kappa shape index (κ3) is 3.07. The Kier molecular flexibility index (Phi) is 4.61. The number of nitrogens with zero attached hydrogens (tertiary/aromatic N) is 1. The van der Waals surface area contributed by atoms with E-state index in [-0.39, 0.29) is 0 Å². The minimum absolute atomic E-state index is 0.303. The summed E-state index contributed by atoms with van der Waals surface area (Å²) in [5.74, 6) is -10.9. The Hall–Kier alpha value is -1.90. The largest absolute Gasteiger partial charge is 0.378 e. The number of amides is 1. The molecule has 0 radical (unpaired) electrons. The Bertz CT molecular complexity index is 532. The molecular weight excluding hydrogens is 299 g/mol. The van der Waals surface area contributed by atoms with Crippen LogP contribution >= 0.6 is 0 Å². The number of hydrogen-bond acceptors (Lipinski definition) is 3. The van der Waals surface area contributed by atoms with Gasteiger partial charge in [-0.25, -0.2) is 22.0 Å². The molecule has 0 spiro atoms. The molecule has 1 saturated heterocycles. The minimum atomic E-state index is -2.24. The van der Waals surface area contributed by atoms with Crippen molar-refractivity contribution in [3.8, 4) is 0 Å². The molecule has 0 unspecified atom stereocenters. The number of rotatable bonds is 3. The minimum Gasteiger partial charge on any atom is -0.378 e. The van der Waals surface area contributed by atoms with Crippen molar-refractivity contribution in [2.45, 2.75) is 0 Å². The van der Waals surface area contributed by atoms with Crippen LogP contribution in [0, 0.1) is 29.1 Å². The van der Waals surface area contributed by atoms with Gasteiger partial charge in [-0.05, 0) is 0 Å². The molecule has 1 aliphatic rings. The summed E-state index contributed by atoms with van der Waals surface area (Å²) in [6, 6.07) is 0. The molecule has 0 aliphatic carbocycles. The predicted octanol–water partition coefficient (Wildman–Crippen LogP) is 1.65. The monoisotopic (exact) mass is 310 g/mol. The number of carbonyl (C=O) groups is 1. The second kappa shape index (κ2) is 6.25. The van der Waals surface area contributed by atoms with Crippen LogP contribution in [0.5, 0.6) is 0 Å². The van der Waals surface area contributed by atoms with Crippen LogP contribution in [-0.4, -0.2) is 43.7 Å². The molecule has 2 rings (SSSR count). The first-order valence-corrected chi connectivity index (χ1v) is 6.04. The summed E-state index contributed by atoms with van der Waals surface area (Å²) in [7, 11) is 0. The number of carbonyl (C=O) groups excluding carboxylic acids is 1. The van der Waals surface area contributed by atoms with E-state index in [0.717, 1.165) is 0 Å². The molecule has 116 valence electrons. The van der Waals surface area contributed by atoms with E-state index in [1.807, 2.05) is 5.32 Å². The van der Waals surface area contributed by atoms with Crippen LogP contribution in [0.1, 0.15) is 0 Å². The third-order valence-electron chi connectivity index (χ3n) is 2.99. The van der Waals surface area contributed by atoms with Gasteiger partial charge < -0.3 is 15.0 Å². The maximum absolute atomic E-state index is 13.4. The van der Waals surface area contributed by atoms with Crippen molar-refractivity contribution in [3.63, 3.8) is 0 Å². The fraction of sp³-hybridized carbons (Fsp3) is 0.417. The average molecular weight is 310 g/mol. The summed E-state index contributed by atoms with van der Waals surface area (Å²) in [5.41, 5.74) is -1.21. The zero-order valence-electron chi connectivity index (χ0n) is 10.7. The number of morpholine rings is 1. The van der Waals surface area contributed by atoms with Crippen molar-refractivity contribution < 1.29 is 31.5 Å². The Morgan fingerprint density at radius 2 is 1.43 bits per heavy atom. The van der Waals surface area contributed by atoms with Gasteiger partial charge in [-0.15, -0.1) is 0 Å². The highest BCUT2D eigenvalue weighted by Gasteiger charge is 2.26.